The summed E-state index contributed by atoms with van der Waals surface area (Å²) >= 11 is 0. The van der Waals surface area contributed by atoms with Gasteiger partial charge in [-0.3, -0.25) is 4.68 Å². The van der Waals surface area contributed by atoms with E-state index in [0.29, 0.717) is 24.9 Å². The van der Waals surface area contributed by atoms with Crippen molar-refractivity contribution in [1.82, 2.24) is 25.2 Å². The number of nitrogens with one attached hydrogen (secondary N) is 1. The standard InChI is InChI=1S/C17H21N5O2/c1-3-23-15-8-5-4-7-14(15)17-20-16(24-21-17)11-18-13(2)12-22-10-6-9-19-22/h4-10,13,18H,3,11-12H2,1-2H3/t13-/m1/s1. The molecule has 126 valence electrons. The van der Waals surface area contributed by atoms with E-state index in [2.05, 4.69) is 27.5 Å². The molecule has 1 N–H and O–H groups in total. The van der Waals surface area contributed by atoms with Crippen LogP contribution in [0.1, 0.15) is 19.7 Å². The summed E-state index contributed by atoms with van der Waals surface area (Å²) in [6.45, 7) is 5.91. The molecule has 3 rings (SSSR count). The van der Waals surface area contributed by atoms with Crippen molar-refractivity contribution >= 4 is 0 Å². The van der Waals surface area contributed by atoms with Gasteiger partial charge in [0.15, 0.2) is 0 Å². The van der Waals surface area contributed by atoms with Crippen LogP contribution >= 0.6 is 0 Å². The Kier molecular flexibility index (Phi) is 5.22. The van der Waals surface area contributed by atoms with Crippen molar-refractivity contribution in [3.8, 4) is 17.1 Å². The summed E-state index contributed by atoms with van der Waals surface area (Å²) in [5, 5.41) is 11.6. The summed E-state index contributed by atoms with van der Waals surface area (Å²) in [7, 11) is 0. The molecule has 1 atom stereocenters. The fourth-order valence-electron chi connectivity index (χ4n) is 2.38. The Morgan fingerprint density at radius 3 is 2.96 bits per heavy atom. The van der Waals surface area contributed by atoms with E-state index in [9.17, 15) is 0 Å². The average molecular weight is 327 g/mol. The monoisotopic (exact) mass is 327 g/mol. The van der Waals surface area contributed by atoms with Gasteiger partial charge in [-0.2, -0.15) is 10.1 Å². The van der Waals surface area contributed by atoms with Gasteiger partial charge in [0, 0.05) is 18.4 Å². The molecule has 2 heterocycles. The number of hydrogen-bond acceptors (Lipinski definition) is 6. The van der Waals surface area contributed by atoms with Gasteiger partial charge >= 0.3 is 0 Å². The Labute approximate surface area is 140 Å². The number of rotatable bonds is 8. The highest BCUT2D eigenvalue weighted by Gasteiger charge is 2.13. The maximum Gasteiger partial charge on any atom is 0.240 e. The van der Waals surface area contributed by atoms with Crippen molar-refractivity contribution in [2.45, 2.75) is 33.0 Å². The van der Waals surface area contributed by atoms with Crippen molar-refractivity contribution in [2.75, 3.05) is 6.61 Å². The van der Waals surface area contributed by atoms with Gasteiger partial charge in [0.2, 0.25) is 11.7 Å². The van der Waals surface area contributed by atoms with Crippen LogP contribution in [0, 0.1) is 0 Å². The zero-order valence-electron chi connectivity index (χ0n) is 13.8. The molecule has 2 aromatic heterocycles. The zero-order chi connectivity index (χ0) is 16.8. The highest BCUT2D eigenvalue weighted by molar-refractivity contribution is 5.63. The number of benzene rings is 1. The Morgan fingerprint density at radius 2 is 2.17 bits per heavy atom. The lowest BCUT2D eigenvalue weighted by atomic mass is 10.2. The maximum absolute atomic E-state index is 5.61. The molecule has 0 aliphatic carbocycles. The highest BCUT2D eigenvalue weighted by Crippen LogP contribution is 2.27. The van der Waals surface area contributed by atoms with E-state index in [4.69, 9.17) is 9.26 Å². The van der Waals surface area contributed by atoms with E-state index < -0.39 is 0 Å². The van der Waals surface area contributed by atoms with Crippen LogP contribution in [-0.4, -0.2) is 32.6 Å². The van der Waals surface area contributed by atoms with Gasteiger partial charge in [0.25, 0.3) is 0 Å². The molecule has 0 aliphatic heterocycles. The van der Waals surface area contributed by atoms with Crippen LogP contribution < -0.4 is 10.1 Å². The van der Waals surface area contributed by atoms with Crippen LogP contribution in [0.15, 0.2) is 47.2 Å². The van der Waals surface area contributed by atoms with E-state index in [0.717, 1.165) is 17.9 Å². The molecule has 7 nitrogen and oxygen atoms in total. The van der Waals surface area contributed by atoms with E-state index in [-0.39, 0.29) is 6.04 Å². The molecule has 0 saturated heterocycles. The van der Waals surface area contributed by atoms with Crippen LogP contribution in [0.25, 0.3) is 11.4 Å². The molecule has 0 amide bonds. The van der Waals surface area contributed by atoms with Crippen molar-refractivity contribution in [3.05, 3.63) is 48.6 Å². The van der Waals surface area contributed by atoms with Crippen LogP contribution in [0.2, 0.25) is 0 Å². The number of nitrogens with zero attached hydrogens (tertiary/aromatic N) is 4. The van der Waals surface area contributed by atoms with Crippen molar-refractivity contribution < 1.29 is 9.26 Å². The van der Waals surface area contributed by atoms with Crippen molar-refractivity contribution in [1.29, 1.82) is 0 Å². The molecule has 7 heteroatoms. The summed E-state index contributed by atoms with van der Waals surface area (Å²) in [6, 6.07) is 9.82. The first-order valence-electron chi connectivity index (χ1n) is 8.02. The minimum Gasteiger partial charge on any atom is -0.493 e. The third kappa shape index (κ3) is 3.99. The number of aromatic nitrogens is 4. The predicted molar refractivity (Wildman–Crippen MR) is 89.4 cm³/mol. The first kappa shape index (κ1) is 16.2. The lowest BCUT2D eigenvalue weighted by Gasteiger charge is -2.11. The van der Waals surface area contributed by atoms with Crippen LogP contribution in [0.5, 0.6) is 5.75 Å². The van der Waals surface area contributed by atoms with Gasteiger partial charge in [0.1, 0.15) is 5.75 Å². The molecule has 0 aliphatic rings. The largest absolute Gasteiger partial charge is 0.493 e. The van der Waals surface area contributed by atoms with E-state index >= 15 is 0 Å². The number of para-hydroxylation sites is 1. The normalized spacial score (nSPS) is 12.2. The van der Waals surface area contributed by atoms with Gasteiger partial charge in [-0.15, -0.1) is 0 Å². The molecule has 0 spiro atoms. The second-order valence-corrected chi connectivity index (χ2v) is 5.45. The summed E-state index contributed by atoms with van der Waals surface area (Å²) in [6.07, 6.45) is 3.71. The number of ether oxygens (including phenoxy) is 1. The quantitative estimate of drug-likeness (QED) is 0.685. The number of hydrogen-bond donors (Lipinski definition) is 1. The Bertz CT molecular complexity index is 754. The Balaban J connectivity index is 1.61. The third-order valence-electron chi connectivity index (χ3n) is 3.52. The van der Waals surface area contributed by atoms with Gasteiger partial charge in [-0.05, 0) is 32.0 Å². The topological polar surface area (TPSA) is 78.0 Å². The first-order chi connectivity index (χ1) is 11.8. The summed E-state index contributed by atoms with van der Waals surface area (Å²) in [4.78, 5) is 4.45. The second-order valence-electron chi connectivity index (χ2n) is 5.45. The molecular formula is C17H21N5O2. The molecule has 0 fully saturated rings. The fourth-order valence-corrected chi connectivity index (χ4v) is 2.38. The van der Waals surface area contributed by atoms with Gasteiger partial charge in [-0.1, -0.05) is 17.3 Å². The fraction of sp³-hybridized carbons (Fsp3) is 0.353. The minimum atomic E-state index is 0.232. The van der Waals surface area contributed by atoms with Gasteiger partial charge in [0.05, 0.1) is 25.3 Å². The van der Waals surface area contributed by atoms with Crippen LogP contribution in [0.4, 0.5) is 0 Å². The van der Waals surface area contributed by atoms with Crippen molar-refractivity contribution in [3.63, 3.8) is 0 Å². The maximum atomic E-state index is 5.61. The molecule has 0 bridgehead atoms. The summed E-state index contributed by atoms with van der Waals surface area (Å²) < 4.78 is 12.8. The first-order valence-corrected chi connectivity index (χ1v) is 8.02. The molecule has 0 radical (unpaired) electrons. The van der Waals surface area contributed by atoms with Crippen LogP contribution in [0.3, 0.4) is 0 Å². The van der Waals surface area contributed by atoms with Crippen molar-refractivity contribution in [2.24, 2.45) is 0 Å². The molecular weight excluding hydrogens is 306 g/mol. The minimum absolute atomic E-state index is 0.232. The van der Waals surface area contributed by atoms with E-state index in [1.54, 1.807) is 6.20 Å². The second kappa shape index (κ2) is 7.74. The lowest BCUT2D eigenvalue weighted by molar-refractivity contribution is 0.340. The molecule has 0 unspecified atom stereocenters. The van der Waals surface area contributed by atoms with E-state index in [1.165, 1.54) is 0 Å². The molecule has 24 heavy (non-hydrogen) atoms. The Morgan fingerprint density at radius 1 is 1.29 bits per heavy atom. The third-order valence-corrected chi connectivity index (χ3v) is 3.52. The van der Waals surface area contributed by atoms with E-state index in [1.807, 2.05) is 48.1 Å². The van der Waals surface area contributed by atoms with Crippen LogP contribution in [-0.2, 0) is 13.1 Å². The molecule has 3 aromatic rings. The van der Waals surface area contributed by atoms with Gasteiger partial charge < -0.3 is 14.6 Å². The summed E-state index contributed by atoms with van der Waals surface area (Å²) in [5.41, 5.74) is 0.832. The molecule has 0 saturated carbocycles. The highest BCUT2D eigenvalue weighted by atomic mass is 16.5. The summed E-state index contributed by atoms with van der Waals surface area (Å²) in [5.74, 6) is 1.84. The van der Waals surface area contributed by atoms with Gasteiger partial charge in [-0.25, -0.2) is 0 Å². The average Bonchev–Trinajstić information content (AvgIpc) is 3.25. The zero-order valence-corrected chi connectivity index (χ0v) is 13.8. The Hall–Kier alpha value is -2.67. The SMILES string of the molecule is CCOc1ccccc1-c1noc(CN[C@H](C)Cn2cccn2)n1. The molecule has 1 aromatic carbocycles. The predicted octanol–water partition coefficient (Wildman–Crippen LogP) is 2.51. The smallest absolute Gasteiger partial charge is 0.240 e. The lowest BCUT2D eigenvalue weighted by Crippen LogP contribution is -2.30.